The molecule has 0 N–H and O–H groups in total. The molecule has 0 aliphatic carbocycles. The summed E-state index contributed by atoms with van der Waals surface area (Å²) >= 11 is 3.16. The zero-order valence-corrected chi connectivity index (χ0v) is 12.9. The minimum atomic E-state index is -0.726. The quantitative estimate of drug-likeness (QED) is 0.768. The van der Waals surface area contributed by atoms with Gasteiger partial charge >= 0.3 is 0 Å². The molecule has 1 aliphatic rings. The molecule has 1 aliphatic heterocycles. The van der Waals surface area contributed by atoms with Gasteiger partial charge in [-0.2, -0.15) is 0 Å². The van der Waals surface area contributed by atoms with Crippen LogP contribution in [-0.2, 0) is 4.79 Å². The highest BCUT2D eigenvalue weighted by atomic mass is 79.9. The second-order valence-electron chi connectivity index (χ2n) is 5.13. The van der Waals surface area contributed by atoms with Gasteiger partial charge in [-0.25, -0.2) is 13.2 Å². The highest BCUT2D eigenvalue weighted by Crippen LogP contribution is 2.34. The van der Waals surface area contributed by atoms with E-state index in [0.29, 0.717) is 17.4 Å². The third-order valence-corrected chi connectivity index (χ3v) is 4.19. The van der Waals surface area contributed by atoms with Crippen molar-refractivity contribution in [2.24, 2.45) is 0 Å². The number of benzene rings is 2. The minimum Gasteiger partial charge on any atom is -0.309 e. The van der Waals surface area contributed by atoms with Crippen molar-refractivity contribution in [2.75, 3.05) is 11.4 Å². The van der Waals surface area contributed by atoms with Crippen molar-refractivity contribution in [1.29, 1.82) is 0 Å². The molecule has 114 valence electrons. The van der Waals surface area contributed by atoms with E-state index in [-0.39, 0.29) is 17.2 Å². The van der Waals surface area contributed by atoms with Crippen molar-refractivity contribution in [1.82, 2.24) is 0 Å². The molecular weight excluding hydrogens is 359 g/mol. The third kappa shape index (κ3) is 2.75. The van der Waals surface area contributed by atoms with Crippen LogP contribution in [0.5, 0.6) is 0 Å². The van der Waals surface area contributed by atoms with E-state index in [2.05, 4.69) is 15.9 Å². The van der Waals surface area contributed by atoms with E-state index in [1.165, 1.54) is 17.0 Å². The number of nitrogens with zero attached hydrogens (tertiary/aromatic N) is 1. The predicted molar refractivity (Wildman–Crippen MR) is 80.2 cm³/mol. The number of rotatable bonds is 2. The van der Waals surface area contributed by atoms with Crippen molar-refractivity contribution in [2.45, 2.75) is 12.3 Å². The summed E-state index contributed by atoms with van der Waals surface area (Å²) in [4.78, 5) is 13.8. The van der Waals surface area contributed by atoms with Crippen LogP contribution >= 0.6 is 15.9 Å². The molecule has 0 radical (unpaired) electrons. The van der Waals surface area contributed by atoms with Crippen LogP contribution in [0.25, 0.3) is 0 Å². The molecule has 1 atom stereocenters. The lowest BCUT2D eigenvalue weighted by Crippen LogP contribution is -2.27. The van der Waals surface area contributed by atoms with Crippen molar-refractivity contribution in [3.63, 3.8) is 0 Å². The average molecular weight is 370 g/mol. The minimum absolute atomic E-state index is 0.174. The molecule has 0 aromatic heterocycles. The Labute approximate surface area is 133 Å². The normalized spacial score (nSPS) is 18.1. The molecule has 0 saturated carbocycles. The second-order valence-corrected chi connectivity index (χ2v) is 6.05. The lowest BCUT2D eigenvalue weighted by Gasteiger charge is -2.18. The van der Waals surface area contributed by atoms with Crippen LogP contribution in [0.3, 0.4) is 0 Å². The summed E-state index contributed by atoms with van der Waals surface area (Å²) in [7, 11) is 0. The van der Waals surface area contributed by atoms with Gasteiger partial charge in [0.25, 0.3) is 0 Å². The van der Waals surface area contributed by atoms with Gasteiger partial charge in [-0.15, -0.1) is 0 Å². The van der Waals surface area contributed by atoms with Crippen molar-refractivity contribution >= 4 is 27.5 Å². The van der Waals surface area contributed by atoms with Gasteiger partial charge in [-0.3, -0.25) is 4.79 Å². The van der Waals surface area contributed by atoms with Crippen molar-refractivity contribution in [3.05, 3.63) is 63.9 Å². The molecule has 1 heterocycles. The van der Waals surface area contributed by atoms with Crippen LogP contribution in [-0.4, -0.2) is 12.5 Å². The van der Waals surface area contributed by atoms with Crippen LogP contribution in [0.15, 0.2) is 40.9 Å². The zero-order chi connectivity index (χ0) is 15.9. The lowest BCUT2D eigenvalue weighted by atomic mass is 9.97. The fourth-order valence-corrected chi connectivity index (χ4v) is 3.04. The smallest absolute Gasteiger partial charge is 0.234 e. The van der Waals surface area contributed by atoms with E-state index in [1.54, 1.807) is 6.07 Å². The summed E-state index contributed by atoms with van der Waals surface area (Å²) in [6.45, 7) is 0.306. The van der Waals surface area contributed by atoms with E-state index in [1.807, 2.05) is 0 Å². The lowest BCUT2D eigenvalue weighted by molar-refractivity contribution is -0.118. The first-order chi connectivity index (χ1) is 10.5. The molecular formula is C16H11BrF3NO. The van der Waals surface area contributed by atoms with Gasteiger partial charge in [0.05, 0.1) is 11.6 Å². The average Bonchev–Trinajstić information content (AvgIpc) is 2.79. The molecule has 1 saturated heterocycles. The Hall–Kier alpha value is -1.82. The van der Waals surface area contributed by atoms with E-state index in [9.17, 15) is 18.0 Å². The molecule has 1 unspecified atom stereocenters. The summed E-state index contributed by atoms with van der Waals surface area (Å²) < 4.78 is 41.2. The first-order valence-corrected chi connectivity index (χ1v) is 7.47. The molecule has 1 amide bonds. The molecule has 2 nitrogen and oxygen atoms in total. The number of carbonyl (C=O) groups excluding carboxylic acids is 1. The van der Waals surface area contributed by atoms with Gasteiger partial charge in [-0.05, 0) is 42.3 Å². The summed E-state index contributed by atoms with van der Waals surface area (Å²) in [6, 6.07) is 7.47. The van der Waals surface area contributed by atoms with Gasteiger partial charge < -0.3 is 4.90 Å². The monoisotopic (exact) mass is 369 g/mol. The number of halogens is 4. The second kappa shape index (κ2) is 5.76. The molecule has 22 heavy (non-hydrogen) atoms. The molecule has 3 rings (SSSR count). The van der Waals surface area contributed by atoms with Crippen LogP contribution in [0, 0.1) is 17.5 Å². The molecule has 2 aromatic carbocycles. The van der Waals surface area contributed by atoms with E-state index >= 15 is 0 Å². The van der Waals surface area contributed by atoms with Gasteiger partial charge in [0, 0.05) is 17.1 Å². The molecule has 0 spiro atoms. The Morgan fingerprint density at radius 2 is 1.73 bits per heavy atom. The number of carbonyl (C=O) groups is 1. The van der Waals surface area contributed by atoms with Gasteiger partial charge in [0.1, 0.15) is 17.5 Å². The number of anilines is 1. The van der Waals surface area contributed by atoms with Crippen LogP contribution in [0.1, 0.15) is 17.9 Å². The van der Waals surface area contributed by atoms with Crippen LogP contribution in [0.2, 0.25) is 0 Å². The summed E-state index contributed by atoms with van der Waals surface area (Å²) in [5.74, 6) is -2.99. The Balaban J connectivity index is 1.91. The zero-order valence-electron chi connectivity index (χ0n) is 11.3. The Kier molecular flexibility index (Phi) is 3.95. The van der Waals surface area contributed by atoms with E-state index < -0.39 is 23.4 Å². The fraction of sp³-hybridized carbons (Fsp3) is 0.188. The fourth-order valence-electron chi connectivity index (χ4n) is 2.70. The number of amides is 1. The summed E-state index contributed by atoms with van der Waals surface area (Å²) in [5, 5.41) is 0. The largest absolute Gasteiger partial charge is 0.309 e. The van der Waals surface area contributed by atoms with Crippen molar-refractivity contribution < 1.29 is 18.0 Å². The highest BCUT2D eigenvalue weighted by Gasteiger charge is 2.35. The molecule has 6 heteroatoms. The Bertz CT molecular complexity index is 730. The van der Waals surface area contributed by atoms with Crippen molar-refractivity contribution in [3.8, 4) is 0 Å². The number of hydrogen-bond acceptors (Lipinski definition) is 1. The number of hydrogen-bond donors (Lipinski definition) is 0. The van der Waals surface area contributed by atoms with E-state index in [0.717, 1.165) is 18.2 Å². The standard InChI is InChI=1S/C16H11BrF3NO/c17-10-1-2-15(14(20)7-10)21-4-3-13(16(21)22)9-5-11(18)8-12(19)6-9/h1-2,5-8,13H,3-4H2. The summed E-state index contributed by atoms with van der Waals surface area (Å²) in [5.41, 5.74) is 0.454. The van der Waals surface area contributed by atoms with Gasteiger partial charge in [0.15, 0.2) is 0 Å². The van der Waals surface area contributed by atoms with Crippen LogP contribution < -0.4 is 4.90 Å². The molecule has 1 fully saturated rings. The van der Waals surface area contributed by atoms with Gasteiger partial charge in [-0.1, -0.05) is 15.9 Å². The first-order valence-electron chi connectivity index (χ1n) is 6.68. The highest BCUT2D eigenvalue weighted by molar-refractivity contribution is 9.10. The maximum atomic E-state index is 14.0. The van der Waals surface area contributed by atoms with Gasteiger partial charge in [0.2, 0.25) is 5.91 Å². The molecule has 0 bridgehead atoms. The maximum Gasteiger partial charge on any atom is 0.234 e. The van der Waals surface area contributed by atoms with E-state index in [4.69, 9.17) is 0 Å². The maximum absolute atomic E-state index is 14.0. The summed E-state index contributed by atoms with van der Waals surface area (Å²) in [6.07, 6.45) is 0.386. The molecule has 2 aromatic rings. The predicted octanol–water partition coefficient (Wildman–Crippen LogP) is 4.39. The first kappa shape index (κ1) is 15.1. The third-order valence-electron chi connectivity index (χ3n) is 3.69. The topological polar surface area (TPSA) is 20.3 Å². The Morgan fingerprint density at radius 3 is 2.36 bits per heavy atom. The SMILES string of the molecule is O=C1C(c2cc(F)cc(F)c2)CCN1c1ccc(Br)cc1F. The Morgan fingerprint density at radius 1 is 1.05 bits per heavy atom. The van der Waals surface area contributed by atoms with Crippen LogP contribution in [0.4, 0.5) is 18.9 Å².